The molecule has 3 aromatic rings. The number of nitrogens with zero attached hydrogens (tertiary/aromatic N) is 2. The fourth-order valence-electron chi connectivity index (χ4n) is 2.71. The smallest absolute Gasteiger partial charge is 0.127 e. The summed E-state index contributed by atoms with van der Waals surface area (Å²) in [6.45, 7) is 4.66. The molecule has 0 saturated carbocycles. The zero-order valence-corrected chi connectivity index (χ0v) is 12.9. The fourth-order valence-corrected chi connectivity index (χ4v) is 2.71. The van der Waals surface area contributed by atoms with Crippen molar-refractivity contribution < 1.29 is 4.39 Å². The zero-order chi connectivity index (χ0) is 15.7. The topological polar surface area (TPSA) is 43.8 Å². The monoisotopic (exact) mass is 297 g/mol. The standard InChI is InChI=1S/C18H20FN3/c1-3-15(20)18-21-16-9-12(2)7-8-17(16)22(18)11-13-5-4-6-14(19)10-13/h4-10,15H,3,11,20H2,1-2H3. The third-order valence-electron chi connectivity index (χ3n) is 3.93. The van der Waals surface area contributed by atoms with E-state index in [1.54, 1.807) is 12.1 Å². The van der Waals surface area contributed by atoms with Crippen LogP contribution in [0, 0.1) is 12.7 Å². The van der Waals surface area contributed by atoms with Gasteiger partial charge in [0.2, 0.25) is 0 Å². The Morgan fingerprint density at radius 1 is 1.23 bits per heavy atom. The maximum Gasteiger partial charge on any atom is 0.127 e. The molecule has 1 atom stereocenters. The summed E-state index contributed by atoms with van der Waals surface area (Å²) in [4.78, 5) is 4.71. The van der Waals surface area contributed by atoms with Crippen LogP contribution < -0.4 is 5.73 Å². The molecule has 2 N–H and O–H groups in total. The van der Waals surface area contributed by atoms with E-state index in [9.17, 15) is 4.39 Å². The zero-order valence-electron chi connectivity index (χ0n) is 12.9. The minimum Gasteiger partial charge on any atom is -0.322 e. The molecule has 22 heavy (non-hydrogen) atoms. The van der Waals surface area contributed by atoms with E-state index in [4.69, 9.17) is 10.7 Å². The van der Waals surface area contributed by atoms with Gasteiger partial charge in [0.25, 0.3) is 0 Å². The van der Waals surface area contributed by atoms with Crippen LogP contribution in [-0.2, 0) is 6.54 Å². The minimum absolute atomic E-state index is 0.124. The number of rotatable bonds is 4. The molecular formula is C18H20FN3. The lowest BCUT2D eigenvalue weighted by atomic mass is 10.2. The Morgan fingerprint density at radius 2 is 2.05 bits per heavy atom. The van der Waals surface area contributed by atoms with E-state index in [-0.39, 0.29) is 11.9 Å². The number of hydrogen-bond acceptors (Lipinski definition) is 2. The van der Waals surface area contributed by atoms with Gasteiger partial charge in [-0.3, -0.25) is 0 Å². The molecule has 0 spiro atoms. The van der Waals surface area contributed by atoms with Gasteiger partial charge < -0.3 is 10.3 Å². The summed E-state index contributed by atoms with van der Waals surface area (Å²) in [6, 6.07) is 12.7. The third-order valence-corrected chi connectivity index (χ3v) is 3.93. The molecule has 0 bridgehead atoms. The largest absolute Gasteiger partial charge is 0.322 e. The Morgan fingerprint density at radius 3 is 2.77 bits per heavy atom. The van der Waals surface area contributed by atoms with Crippen LogP contribution in [0.5, 0.6) is 0 Å². The van der Waals surface area contributed by atoms with E-state index in [2.05, 4.69) is 22.8 Å². The van der Waals surface area contributed by atoms with E-state index in [1.807, 2.05) is 19.9 Å². The van der Waals surface area contributed by atoms with Gasteiger partial charge in [-0.05, 0) is 48.7 Å². The van der Waals surface area contributed by atoms with E-state index in [0.717, 1.165) is 28.8 Å². The van der Waals surface area contributed by atoms with Gasteiger partial charge in [-0.2, -0.15) is 0 Å². The highest BCUT2D eigenvalue weighted by atomic mass is 19.1. The number of fused-ring (bicyclic) bond motifs is 1. The lowest BCUT2D eigenvalue weighted by Crippen LogP contribution is -2.16. The van der Waals surface area contributed by atoms with Crippen molar-refractivity contribution in [3.63, 3.8) is 0 Å². The highest BCUT2D eigenvalue weighted by molar-refractivity contribution is 5.77. The van der Waals surface area contributed by atoms with Crippen LogP contribution in [0.2, 0.25) is 0 Å². The number of halogens is 1. The van der Waals surface area contributed by atoms with Gasteiger partial charge >= 0.3 is 0 Å². The summed E-state index contributed by atoms with van der Waals surface area (Å²) in [6.07, 6.45) is 0.811. The molecule has 1 unspecified atom stereocenters. The van der Waals surface area contributed by atoms with Crippen LogP contribution >= 0.6 is 0 Å². The minimum atomic E-state index is -0.223. The van der Waals surface area contributed by atoms with Crippen molar-refractivity contribution in [2.75, 3.05) is 0 Å². The molecule has 0 fully saturated rings. The van der Waals surface area contributed by atoms with E-state index in [0.29, 0.717) is 6.54 Å². The Hall–Kier alpha value is -2.20. The molecule has 3 rings (SSSR count). The average Bonchev–Trinajstić information content (AvgIpc) is 2.84. The maximum atomic E-state index is 13.4. The van der Waals surface area contributed by atoms with Gasteiger partial charge in [0, 0.05) is 6.54 Å². The highest BCUT2D eigenvalue weighted by Gasteiger charge is 2.16. The van der Waals surface area contributed by atoms with E-state index < -0.39 is 0 Å². The molecule has 0 radical (unpaired) electrons. The SMILES string of the molecule is CCC(N)c1nc2cc(C)ccc2n1Cc1cccc(F)c1. The third kappa shape index (κ3) is 2.74. The van der Waals surface area contributed by atoms with Gasteiger partial charge in [0.05, 0.1) is 17.1 Å². The number of imidazole rings is 1. The summed E-state index contributed by atoms with van der Waals surface area (Å²) in [5.41, 5.74) is 10.3. The van der Waals surface area contributed by atoms with Crippen molar-refractivity contribution in [3.8, 4) is 0 Å². The molecular weight excluding hydrogens is 277 g/mol. The molecule has 4 heteroatoms. The molecule has 2 aromatic carbocycles. The van der Waals surface area contributed by atoms with Crippen molar-refractivity contribution in [2.24, 2.45) is 5.73 Å². The second-order valence-electron chi connectivity index (χ2n) is 5.69. The van der Waals surface area contributed by atoms with Crippen LogP contribution in [0.3, 0.4) is 0 Å². The van der Waals surface area contributed by atoms with Crippen LogP contribution in [0.15, 0.2) is 42.5 Å². The first-order valence-corrected chi connectivity index (χ1v) is 7.55. The summed E-state index contributed by atoms with van der Waals surface area (Å²) in [7, 11) is 0. The molecule has 3 nitrogen and oxygen atoms in total. The Kier molecular flexibility index (Phi) is 3.94. The molecule has 1 heterocycles. The summed E-state index contributed by atoms with van der Waals surface area (Å²) in [5.74, 6) is 0.631. The van der Waals surface area contributed by atoms with Gasteiger partial charge in [0.15, 0.2) is 0 Å². The predicted molar refractivity (Wildman–Crippen MR) is 87.2 cm³/mol. The first-order chi connectivity index (χ1) is 10.6. The van der Waals surface area contributed by atoms with Gasteiger partial charge in [0.1, 0.15) is 11.6 Å². The van der Waals surface area contributed by atoms with E-state index in [1.165, 1.54) is 11.6 Å². The van der Waals surface area contributed by atoms with Crippen molar-refractivity contribution in [3.05, 3.63) is 65.2 Å². The Balaban J connectivity index is 2.13. The van der Waals surface area contributed by atoms with E-state index >= 15 is 0 Å². The predicted octanol–water partition coefficient (Wildman–Crippen LogP) is 3.94. The average molecular weight is 297 g/mol. The van der Waals surface area contributed by atoms with Crippen molar-refractivity contribution >= 4 is 11.0 Å². The van der Waals surface area contributed by atoms with Crippen LogP contribution in [0.4, 0.5) is 4.39 Å². The number of aryl methyl sites for hydroxylation is 1. The Bertz CT molecular complexity index is 807. The van der Waals surface area contributed by atoms with Gasteiger partial charge in [-0.25, -0.2) is 9.37 Å². The number of benzene rings is 2. The summed E-state index contributed by atoms with van der Waals surface area (Å²) < 4.78 is 15.5. The first kappa shape index (κ1) is 14.7. The number of nitrogens with two attached hydrogens (primary N) is 1. The fraction of sp³-hybridized carbons (Fsp3) is 0.278. The number of aromatic nitrogens is 2. The van der Waals surface area contributed by atoms with Crippen LogP contribution in [-0.4, -0.2) is 9.55 Å². The van der Waals surface area contributed by atoms with Crippen molar-refractivity contribution in [1.29, 1.82) is 0 Å². The molecule has 0 aliphatic heterocycles. The van der Waals surface area contributed by atoms with Crippen LogP contribution in [0.1, 0.15) is 36.3 Å². The first-order valence-electron chi connectivity index (χ1n) is 7.55. The molecule has 0 saturated heterocycles. The highest BCUT2D eigenvalue weighted by Crippen LogP contribution is 2.24. The molecule has 0 amide bonds. The lowest BCUT2D eigenvalue weighted by molar-refractivity contribution is 0.600. The molecule has 114 valence electrons. The maximum absolute atomic E-state index is 13.4. The van der Waals surface area contributed by atoms with Gasteiger partial charge in [-0.15, -0.1) is 0 Å². The van der Waals surface area contributed by atoms with Crippen molar-refractivity contribution in [1.82, 2.24) is 9.55 Å². The second-order valence-corrected chi connectivity index (χ2v) is 5.69. The lowest BCUT2D eigenvalue weighted by Gasteiger charge is -2.13. The molecule has 0 aliphatic rings. The second kappa shape index (κ2) is 5.89. The normalized spacial score (nSPS) is 12.7. The molecule has 1 aromatic heterocycles. The molecule has 0 aliphatic carbocycles. The number of hydrogen-bond donors (Lipinski definition) is 1. The quantitative estimate of drug-likeness (QED) is 0.792. The summed E-state index contributed by atoms with van der Waals surface area (Å²) in [5, 5.41) is 0. The van der Waals surface area contributed by atoms with Crippen molar-refractivity contribution in [2.45, 2.75) is 32.9 Å². The Labute approximate surface area is 129 Å². The summed E-state index contributed by atoms with van der Waals surface area (Å²) >= 11 is 0. The van der Waals surface area contributed by atoms with Gasteiger partial charge in [-0.1, -0.05) is 25.1 Å². The van der Waals surface area contributed by atoms with Crippen LogP contribution in [0.25, 0.3) is 11.0 Å².